The van der Waals surface area contributed by atoms with E-state index in [1.165, 1.54) is 0 Å². The average Bonchev–Trinajstić information content (AvgIpc) is 2.73. The number of amides is 1. The predicted molar refractivity (Wildman–Crippen MR) is 105 cm³/mol. The van der Waals surface area contributed by atoms with E-state index < -0.39 is 0 Å². The van der Waals surface area contributed by atoms with Gasteiger partial charge in [0.05, 0.1) is 7.11 Å². The van der Waals surface area contributed by atoms with Crippen LogP contribution in [0.15, 0.2) is 66.9 Å². The molecule has 3 rings (SSSR count). The van der Waals surface area contributed by atoms with Gasteiger partial charge in [-0.3, -0.25) is 4.79 Å². The fourth-order valence-electron chi connectivity index (χ4n) is 2.59. The molecule has 0 saturated carbocycles. The Labute approximate surface area is 158 Å². The second kappa shape index (κ2) is 9.33. The molecule has 0 atom stereocenters. The number of carbonyl (C=O) groups excluding carboxylic acids is 1. The first kappa shape index (κ1) is 18.4. The number of rotatable bonds is 8. The molecule has 0 saturated heterocycles. The second-order valence-electron chi connectivity index (χ2n) is 5.96. The topological polar surface area (TPSA) is 76.1 Å². The molecule has 0 aliphatic heterocycles. The number of benzene rings is 2. The Morgan fingerprint density at radius 2 is 1.85 bits per heavy atom. The molecular weight excluding hydrogens is 340 g/mol. The Morgan fingerprint density at radius 1 is 1.04 bits per heavy atom. The molecule has 1 heterocycles. The summed E-state index contributed by atoms with van der Waals surface area (Å²) in [5.74, 6) is 1.04. The van der Waals surface area contributed by atoms with E-state index in [9.17, 15) is 4.79 Å². The van der Waals surface area contributed by atoms with E-state index in [-0.39, 0.29) is 5.91 Å². The number of methoxy groups -OCH3 is 1. The van der Waals surface area contributed by atoms with E-state index in [4.69, 9.17) is 4.74 Å². The maximum atomic E-state index is 12.3. The van der Waals surface area contributed by atoms with Crippen molar-refractivity contribution in [2.45, 2.75) is 13.0 Å². The number of hydrogen-bond acceptors (Lipinski definition) is 5. The molecule has 138 valence electrons. The van der Waals surface area contributed by atoms with E-state index in [1.807, 2.05) is 54.6 Å². The quantitative estimate of drug-likeness (QED) is 0.644. The van der Waals surface area contributed by atoms with Crippen molar-refractivity contribution < 1.29 is 9.53 Å². The largest absolute Gasteiger partial charge is 0.497 e. The highest BCUT2D eigenvalue weighted by Gasteiger charge is 2.08. The summed E-state index contributed by atoms with van der Waals surface area (Å²) in [6.07, 6.45) is 2.38. The fraction of sp³-hybridized carbons (Fsp3) is 0.190. The van der Waals surface area contributed by atoms with Crippen LogP contribution < -0.4 is 15.4 Å². The standard InChI is InChI=1S/C21H22N4O2/c1-27-18-9-5-8-16(14-18)10-12-22-21-23-13-11-19(25-21)20(26)24-15-17-6-3-2-4-7-17/h2-9,11,13-14H,10,12,15H2,1H3,(H,24,26)(H,22,23,25). The van der Waals surface area contributed by atoms with Crippen molar-refractivity contribution >= 4 is 11.9 Å². The number of nitrogens with zero attached hydrogens (tertiary/aromatic N) is 2. The van der Waals surface area contributed by atoms with Crippen molar-refractivity contribution in [1.29, 1.82) is 0 Å². The normalized spacial score (nSPS) is 10.3. The molecule has 2 N–H and O–H groups in total. The van der Waals surface area contributed by atoms with Crippen LogP contribution in [0.2, 0.25) is 0 Å². The van der Waals surface area contributed by atoms with E-state index in [0.29, 0.717) is 24.7 Å². The first-order valence-electron chi connectivity index (χ1n) is 8.76. The molecule has 2 aromatic carbocycles. The van der Waals surface area contributed by atoms with Crippen LogP contribution >= 0.6 is 0 Å². The summed E-state index contributed by atoms with van der Waals surface area (Å²) in [7, 11) is 1.65. The zero-order chi connectivity index (χ0) is 18.9. The van der Waals surface area contributed by atoms with Gasteiger partial charge in [0.1, 0.15) is 11.4 Å². The highest BCUT2D eigenvalue weighted by atomic mass is 16.5. The van der Waals surface area contributed by atoms with Gasteiger partial charge < -0.3 is 15.4 Å². The van der Waals surface area contributed by atoms with Crippen LogP contribution in [0, 0.1) is 0 Å². The summed E-state index contributed by atoms with van der Waals surface area (Å²) < 4.78 is 5.23. The zero-order valence-corrected chi connectivity index (χ0v) is 15.2. The molecule has 27 heavy (non-hydrogen) atoms. The molecule has 0 radical (unpaired) electrons. The van der Waals surface area contributed by atoms with Crippen LogP contribution in [0.4, 0.5) is 5.95 Å². The van der Waals surface area contributed by atoms with Crippen LogP contribution in [0.25, 0.3) is 0 Å². The summed E-state index contributed by atoms with van der Waals surface area (Å²) in [6, 6.07) is 19.3. The number of aromatic nitrogens is 2. The maximum absolute atomic E-state index is 12.3. The van der Waals surface area contributed by atoms with Crippen molar-refractivity contribution in [3.8, 4) is 5.75 Å². The lowest BCUT2D eigenvalue weighted by atomic mass is 10.1. The number of carbonyl (C=O) groups is 1. The van der Waals surface area contributed by atoms with Crippen molar-refractivity contribution in [2.24, 2.45) is 0 Å². The first-order chi connectivity index (χ1) is 13.2. The summed E-state index contributed by atoms with van der Waals surface area (Å²) in [5, 5.41) is 6.02. The summed E-state index contributed by atoms with van der Waals surface area (Å²) in [5.41, 5.74) is 2.53. The molecule has 6 nitrogen and oxygen atoms in total. The molecule has 0 aliphatic carbocycles. The third kappa shape index (κ3) is 5.54. The molecule has 0 aliphatic rings. The Hall–Kier alpha value is -3.41. The Balaban J connectivity index is 1.52. The number of ether oxygens (including phenoxy) is 1. The van der Waals surface area contributed by atoms with Crippen molar-refractivity contribution in [2.75, 3.05) is 19.0 Å². The van der Waals surface area contributed by atoms with Gasteiger partial charge in [0.25, 0.3) is 5.91 Å². The minimum atomic E-state index is -0.225. The van der Waals surface area contributed by atoms with E-state index >= 15 is 0 Å². The van der Waals surface area contributed by atoms with E-state index in [1.54, 1.807) is 19.4 Å². The van der Waals surface area contributed by atoms with Gasteiger partial charge >= 0.3 is 0 Å². The van der Waals surface area contributed by atoms with Crippen LogP contribution in [-0.2, 0) is 13.0 Å². The highest BCUT2D eigenvalue weighted by molar-refractivity contribution is 5.92. The summed E-state index contributed by atoms with van der Waals surface area (Å²) >= 11 is 0. The van der Waals surface area contributed by atoms with Crippen molar-refractivity contribution in [1.82, 2.24) is 15.3 Å². The van der Waals surface area contributed by atoms with Gasteiger partial charge in [-0.2, -0.15) is 0 Å². The SMILES string of the molecule is COc1cccc(CCNc2nccc(C(=O)NCc3ccccc3)n2)c1. The first-order valence-corrected chi connectivity index (χ1v) is 8.76. The van der Waals surface area contributed by atoms with Crippen molar-refractivity contribution in [3.05, 3.63) is 83.7 Å². The average molecular weight is 362 g/mol. The Bertz CT molecular complexity index is 884. The van der Waals surface area contributed by atoms with Gasteiger partial charge in [-0.05, 0) is 35.7 Å². The predicted octanol–water partition coefficient (Wildman–Crippen LogP) is 3.07. The smallest absolute Gasteiger partial charge is 0.270 e. The molecule has 1 amide bonds. The fourth-order valence-corrected chi connectivity index (χ4v) is 2.59. The van der Waals surface area contributed by atoms with Gasteiger partial charge in [-0.15, -0.1) is 0 Å². The molecule has 0 bridgehead atoms. The lowest BCUT2D eigenvalue weighted by molar-refractivity contribution is 0.0946. The molecule has 0 unspecified atom stereocenters. The Morgan fingerprint density at radius 3 is 2.67 bits per heavy atom. The molecule has 1 aromatic heterocycles. The number of nitrogens with one attached hydrogen (secondary N) is 2. The second-order valence-corrected chi connectivity index (χ2v) is 5.96. The maximum Gasteiger partial charge on any atom is 0.270 e. The van der Waals surface area contributed by atoms with Crippen LogP contribution in [0.5, 0.6) is 5.75 Å². The van der Waals surface area contributed by atoms with Crippen LogP contribution in [0.1, 0.15) is 21.6 Å². The van der Waals surface area contributed by atoms with Crippen LogP contribution in [-0.4, -0.2) is 29.5 Å². The lowest BCUT2D eigenvalue weighted by Crippen LogP contribution is -2.24. The third-order valence-corrected chi connectivity index (χ3v) is 4.02. The third-order valence-electron chi connectivity index (χ3n) is 4.02. The molecule has 3 aromatic rings. The Kier molecular flexibility index (Phi) is 6.35. The zero-order valence-electron chi connectivity index (χ0n) is 15.2. The molecule has 6 heteroatoms. The van der Waals surface area contributed by atoms with Gasteiger partial charge in [-0.25, -0.2) is 9.97 Å². The van der Waals surface area contributed by atoms with Gasteiger partial charge in [0, 0.05) is 19.3 Å². The molecule has 0 fully saturated rings. The number of anilines is 1. The lowest BCUT2D eigenvalue weighted by Gasteiger charge is -2.08. The monoisotopic (exact) mass is 362 g/mol. The van der Waals surface area contributed by atoms with Gasteiger partial charge in [0.15, 0.2) is 0 Å². The highest BCUT2D eigenvalue weighted by Crippen LogP contribution is 2.13. The molecule has 0 spiro atoms. The van der Waals surface area contributed by atoms with Gasteiger partial charge in [-0.1, -0.05) is 42.5 Å². The number of hydrogen-bond donors (Lipinski definition) is 2. The molecular formula is C21H22N4O2. The minimum absolute atomic E-state index is 0.225. The van der Waals surface area contributed by atoms with Gasteiger partial charge in [0.2, 0.25) is 5.95 Å². The van der Waals surface area contributed by atoms with Crippen molar-refractivity contribution in [3.63, 3.8) is 0 Å². The summed E-state index contributed by atoms with van der Waals surface area (Å²) in [6.45, 7) is 1.12. The van der Waals surface area contributed by atoms with Crippen LogP contribution in [0.3, 0.4) is 0 Å². The minimum Gasteiger partial charge on any atom is -0.497 e. The van der Waals surface area contributed by atoms with E-state index in [2.05, 4.69) is 20.6 Å². The summed E-state index contributed by atoms with van der Waals surface area (Å²) in [4.78, 5) is 20.8. The van der Waals surface area contributed by atoms with E-state index in [0.717, 1.165) is 23.3 Å².